The molecule has 3 nitrogen and oxygen atoms in total. The van der Waals surface area contributed by atoms with Crippen LogP contribution < -0.4 is 0 Å². The Morgan fingerprint density at radius 3 is 3.12 bits per heavy atom. The molecule has 3 heteroatoms. The molecule has 1 rings (SSSR count). The van der Waals surface area contributed by atoms with Gasteiger partial charge in [-0.05, 0) is 6.92 Å². The van der Waals surface area contributed by atoms with Gasteiger partial charge in [-0.2, -0.15) is 0 Å². The third kappa shape index (κ3) is 0.753. The van der Waals surface area contributed by atoms with Gasteiger partial charge < -0.3 is 5.11 Å². The number of nitrogens with zero attached hydrogens (tertiary/aromatic N) is 2. The van der Waals surface area contributed by atoms with Crippen LogP contribution in [0.25, 0.3) is 0 Å². The molecular weight excluding hydrogens is 104 g/mol. The molecule has 0 amide bonds. The van der Waals surface area contributed by atoms with E-state index >= 15 is 0 Å². The maximum Gasteiger partial charge on any atom is 0.155 e. The molecule has 0 aliphatic heterocycles. The van der Waals surface area contributed by atoms with Crippen molar-refractivity contribution < 1.29 is 6.48 Å². The zero-order valence-electron chi connectivity index (χ0n) is 5.42. The first kappa shape index (κ1) is 3.83. The Morgan fingerprint density at radius 1 is 1.88 bits per heavy atom. The highest BCUT2D eigenvalue weighted by Crippen LogP contribution is 2.06. The van der Waals surface area contributed by atoms with Gasteiger partial charge in [0, 0.05) is 0 Å². The maximum absolute atomic E-state index is 8.89. The van der Waals surface area contributed by atoms with Gasteiger partial charge in [0.05, 0.1) is 13.2 Å². The maximum atomic E-state index is 8.89. The zero-order chi connectivity index (χ0) is 6.85. The molecule has 0 atom stereocenters. The number of hydrogen-bond acceptors (Lipinski definition) is 3. The van der Waals surface area contributed by atoms with Crippen LogP contribution in [0.15, 0.2) is 12.5 Å². The van der Waals surface area contributed by atoms with Gasteiger partial charge in [-0.1, -0.05) is 0 Å². The van der Waals surface area contributed by atoms with E-state index in [1.807, 2.05) is 0 Å². The normalized spacial score (nSPS) is 10.9. The van der Waals surface area contributed by atoms with Crippen LogP contribution in [0.5, 0.6) is 5.75 Å². The summed E-state index contributed by atoms with van der Waals surface area (Å²) in [6.45, 7) is 1.62. The quantitative estimate of drug-likeness (QED) is 0.530. The highest BCUT2D eigenvalue weighted by molar-refractivity contribution is 5.18. The van der Waals surface area contributed by atoms with E-state index in [-0.39, 0.29) is 11.9 Å². The number of rotatable bonds is 0. The lowest BCUT2D eigenvalue weighted by molar-refractivity contribution is 0.464. The van der Waals surface area contributed by atoms with Gasteiger partial charge >= 0.3 is 0 Å². The lowest BCUT2D eigenvalue weighted by Crippen LogP contribution is -1.80. The van der Waals surface area contributed by atoms with E-state index in [1.54, 1.807) is 6.92 Å². The summed E-state index contributed by atoms with van der Waals surface area (Å²) in [5, 5.41) is 8.89. The minimum absolute atomic E-state index is 0.123. The Kier molecular flexibility index (Phi) is 0.850. The van der Waals surface area contributed by atoms with Crippen molar-refractivity contribution in [1.82, 2.24) is 9.97 Å². The first-order valence-corrected chi connectivity index (χ1v) is 2.19. The average molecular weight is 111 g/mol. The van der Waals surface area contributed by atoms with Crippen LogP contribution in [0.2, 0.25) is 0 Å². The summed E-state index contributed by atoms with van der Waals surface area (Å²) >= 11 is 0. The monoisotopic (exact) mass is 111 g/mol. The van der Waals surface area contributed by atoms with Gasteiger partial charge in [-0.15, -0.1) is 0 Å². The van der Waals surface area contributed by atoms with Gasteiger partial charge in [-0.3, -0.25) is 0 Å². The van der Waals surface area contributed by atoms with E-state index < -0.39 is 0 Å². The number of aromatic nitrogens is 2. The standard InChI is InChI=1S/C5H6N2O/c1-4-5(8)2-6-3-7-4/h2-3,8H,1H3/i2D. The van der Waals surface area contributed by atoms with E-state index in [0.717, 1.165) is 0 Å². The molecule has 0 fully saturated rings. The number of aromatic hydroxyl groups is 1. The van der Waals surface area contributed by atoms with Crippen molar-refractivity contribution in [2.24, 2.45) is 0 Å². The molecule has 8 heavy (non-hydrogen) atoms. The molecule has 0 aliphatic rings. The zero-order valence-corrected chi connectivity index (χ0v) is 4.42. The van der Waals surface area contributed by atoms with Gasteiger partial charge in [0.25, 0.3) is 0 Å². The molecule has 1 N–H and O–H groups in total. The van der Waals surface area contributed by atoms with Crippen LogP contribution >= 0.6 is 0 Å². The van der Waals surface area contributed by atoms with Crippen LogP contribution in [0.1, 0.15) is 7.06 Å². The van der Waals surface area contributed by atoms with Gasteiger partial charge in [-0.25, -0.2) is 9.97 Å². The Bertz CT molecular complexity index is 206. The minimum Gasteiger partial charge on any atom is -0.504 e. The number of aryl methyl sites for hydroxylation is 1. The molecular formula is C5H6N2O. The third-order valence-electron chi connectivity index (χ3n) is 0.822. The molecule has 42 valence electrons. The van der Waals surface area contributed by atoms with Crippen molar-refractivity contribution in [1.29, 1.82) is 0 Å². The topological polar surface area (TPSA) is 46.0 Å². The van der Waals surface area contributed by atoms with Gasteiger partial charge in [0.15, 0.2) is 5.75 Å². The molecule has 0 radical (unpaired) electrons. The molecule has 0 saturated carbocycles. The highest BCUT2D eigenvalue weighted by Gasteiger charge is 1.89. The summed E-state index contributed by atoms with van der Waals surface area (Å²) in [4.78, 5) is 7.10. The first-order valence-electron chi connectivity index (χ1n) is 2.69. The summed E-state index contributed by atoms with van der Waals surface area (Å²) in [5.74, 6) is -0.141. The summed E-state index contributed by atoms with van der Waals surface area (Å²) in [6.07, 6.45) is 1.12. The predicted molar refractivity (Wildman–Crippen MR) is 28.4 cm³/mol. The molecule has 1 aromatic rings. The lowest BCUT2D eigenvalue weighted by atomic mass is 10.4. The van der Waals surface area contributed by atoms with Crippen LogP contribution in [-0.2, 0) is 0 Å². The van der Waals surface area contributed by atoms with E-state index in [9.17, 15) is 0 Å². The SMILES string of the molecule is [2H]c1ncnc(C)c1O. The highest BCUT2D eigenvalue weighted by atomic mass is 16.3. The van der Waals surface area contributed by atoms with E-state index in [0.29, 0.717) is 5.69 Å². The molecule has 0 spiro atoms. The largest absolute Gasteiger partial charge is 0.504 e. The Labute approximate surface area is 48.4 Å². The molecule has 1 aromatic heterocycles. The smallest absolute Gasteiger partial charge is 0.155 e. The average Bonchev–Trinajstić information content (AvgIpc) is 1.83. The van der Waals surface area contributed by atoms with Crippen molar-refractivity contribution in [2.75, 3.05) is 0 Å². The van der Waals surface area contributed by atoms with Crippen molar-refractivity contribution in [3.63, 3.8) is 0 Å². The summed E-state index contributed by atoms with van der Waals surface area (Å²) in [5.41, 5.74) is 0.440. The minimum atomic E-state index is -0.141. The van der Waals surface area contributed by atoms with E-state index in [1.165, 1.54) is 6.33 Å². The van der Waals surface area contributed by atoms with Crippen LogP contribution in [-0.4, -0.2) is 15.1 Å². The fourth-order valence-corrected chi connectivity index (χ4v) is 0.348. The summed E-state index contributed by atoms with van der Waals surface area (Å²) in [6, 6.07) is 0. The Morgan fingerprint density at radius 2 is 2.62 bits per heavy atom. The van der Waals surface area contributed by atoms with Gasteiger partial charge in [0.1, 0.15) is 6.33 Å². The Hall–Kier alpha value is -1.12. The van der Waals surface area contributed by atoms with Crippen LogP contribution in [0.4, 0.5) is 0 Å². The van der Waals surface area contributed by atoms with Gasteiger partial charge in [0.2, 0.25) is 0 Å². The van der Waals surface area contributed by atoms with Crippen molar-refractivity contribution >= 4 is 0 Å². The second-order valence-electron chi connectivity index (χ2n) is 1.42. The molecule has 0 unspecified atom stereocenters. The molecule has 0 bridgehead atoms. The van der Waals surface area contributed by atoms with Crippen LogP contribution in [0.3, 0.4) is 0 Å². The molecule has 0 saturated heterocycles. The van der Waals surface area contributed by atoms with Crippen LogP contribution in [0, 0.1) is 6.92 Å². The van der Waals surface area contributed by atoms with E-state index in [4.69, 9.17) is 6.48 Å². The van der Waals surface area contributed by atoms with Crippen molar-refractivity contribution in [3.05, 3.63) is 18.2 Å². The lowest BCUT2D eigenvalue weighted by Gasteiger charge is -1.90. The Balaban J connectivity index is 3.25. The summed E-state index contributed by atoms with van der Waals surface area (Å²) < 4.78 is 6.96. The second kappa shape index (κ2) is 1.78. The molecule has 0 aromatic carbocycles. The second-order valence-corrected chi connectivity index (χ2v) is 1.42. The fraction of sp³-hybridized carbons (Fsp3) is 0.200. The van der Waals surface area contributed by atoms with Crippen molar-refractivity contribution in [3.8, 4) is 5.75 Å². The molecule has 1 heterocycles. The number of hydrogen-bond donors (Lipinski definition) is 1. The van der Waals surface area contributed by atoms with Crippen molar-refractivity contribution in [2.45, 2.75) is 6.92 Å². The fourth-order valence-electron chi connectivity index (χ4n) is 0.348. The third-order valence-corrected chi connectivity index (χ3v) is 0.822. The molecule has 0 aliphatic carbocycles. The first-order chi connectivity index (χ1) is 4.22. The van der Waals surface area contributed by atoms with E-state index in [2.05, 4.69) is 9.97 Å². The predicted octanol–water partition coefficient (Wildman–Crippen LogP) is 0.491. The summed E-state index contributed by atoms with van der Waals surface area (Å²) in [7, 11) is 0.